The van der Waals surface area contributed by atoms with Gasteiger partial charge in [-0.05, 0) is 32.3 Å². The van der Waals surface area contributed by atoms with Crippen LogP contribution in [0.3, 0.4) is 0 Å². The number of benzene rings is 1. The summed E-state index contributed by atoms with van der Waals surface area (Å²) in [6.45, 7) is 3.95. The van der Waals surface area contributed by atoms with Crippen LogP contribution >= 0.6 is 0 Å². The molecule has 0 radical (unpaired) electrons. The van der Waals surface area contributed by atoms with E-state index in [0.717, 1.165) is 21.6 Å². The third kappa shape index (κ3) is 2.75. The first-order chi connectivity index (χ1) is 11.4. The van der Waals surface area contributed by atoms with Crippen molar-refractivity contribution in [3.05, 3.63) is 47.0 Å². The summed E-state index contributed by atoms with van der Waals surface area (Å²) >= 11 is 0. The molecule has 1 aromatic carbocycles. The Hall–Kier alpha value is -2.43. The summed E-state index contributed by atoms with van der Waals surface area (Å²) in [7, 11) is 0. The SMILES string of the molecule is CC1=C(C)C[C@H]2C(=O)N([C@H](Cc3ccccc3)C(=O)O)C(=O)[C@@H]2C1. The summed E-state index contributed by atoms with van der Waals surface area (Å²) in [5.74, 6) is -2.61. The lowest BCUT2D eigenvalue weighted by atomic mass is 9.78. The first-order valence-electron chi connectivity index (χ1n) is 8.19. The summed E-state index contributed by atoms with van der Waals surface area (Å²) in [6, 6.07) is 7.96. The van der Waals surface area contributed by atoms with Gasteiger partial charge in [-0.15, -0.1) is 0 Å². The average Bonchev–Trinajstić information content (AvgIpc) is 2.78. The van der Waals surface area contributed by atoms with Crippen molar-refractivity contribution in [3.8, 4) is 0 Å². The standard InChI is InChI=1S/C19H21NO4/c1-11-8-14-15(9-12(11)2)18(22)20(17(14)21)16(19(23)24)10-13-6-4-3-5-7-13/h3-7,14-16H,8-10H2,1-2H3,(H,23,24)/t14-,15-,16-/m1/s1. The number of aliphatic carboxylic acids is 1. The van der Waals surface area contributed by atoms with Crippen molar-refractivity contribution in [2.75, 3.05) is 0 Å². The second-order valence-electron chi connectivity index (χ2n) is 6.77. The molecule has 0 unspecified atom stereocenters. The highest BCUT2D eigenvalue weighted by molar-refractivity contribution is 6.08. The zero-order chi connectivity index (χ0) is 17.4. The summed E-state index contributed by atoms with van der Waals surface area (Å²) in [5.41, 5.74) is 3.06. The molecule has 3 atom stereocenters. The smallest absolute Gasteiger partial charge is 0.327 e. The van der Waals surface area contributed by atoms with Crippen molar-refractivity contribution in [1.29, 1.82) is 0 Å². The molecular weight excluding hydrogens is 306 g/mol. The van der Waals surface area contributed by atoms with Gasteiger partial charge in [0.1, 0.15) is 6.04 Å². The minimum atomic E-state index is -1.14. The second-order valence-corrected chi connectivity index (χ2v) is 6.77. The van der Waals surface area contributed by atoms with Gasteiger partial charge >= 0.3 is 5.97 Å². The molecule has 1 aliphatic heterocycles. The van der Waals surface area contributed by atoms with Crippen LogP contribution in [0.5, 0.6) is 0 Å². The Bertz CT molecular complexity index is 690. The topological polar surface area (TPSA) is 74.7 Å². The van der Waals surface area contributed by atoms with E-state index in [-0.39, 0.29) is 18.2 Å². The van der Waals surface area contributed by atoms with E-state index in [1.807, 2.05) is 44.2 Å². The maximum absolute atomic E-state index is 12.8. The number of rotatable bonds is 4. The summed E-state index contributed by atoms with van der Waals surface area (Å²) in [4.78, 5) is 38.3. The number of carboxylic acid groups (broad SMARTS) is 1. The van der Waals surface area contributed by atoms with Gasteiger partial charge in [0.15, 0.2) is 0 Å². The molecule has 0 aromatic heterocycles. The van der Waals surface area contributed by atoms with Crippen LogP contribution in [0.1, 0.15) is 32.3 Å². The van der Waals surface area contributed by atoms with Gasteiger partial charge in [-0.2, -0.15) is 0 Å². The number of allylic oxidation sites excluding steroid dienone is 2. The molecule has 2 aliphatic rings. The highest BCUT2D eigenvalue weighted by Gasteiger charge is 2.52. The Balaban J connectivity index is 1.88. The molecule has 1 aromatic rings. The Morgan fingerprint density at radius 1 is 1.08 bits per heavy atom. The Labute approximate surface area is 141 Å². The molecule has 5 nitrogen and oxygen atoms in total. The van der Waals surface area contributed by atoms with E-state index >= 15 is 0 Å². The molecule has 1 fully saturated rings. The van der Waals surface area contributed by atoms with Crippen molar-refractivity contribution in [3.63, 3.8) is 0 Å². The van der Waals surface area contributed by atoms with Crippen LogP contribution in [0.4, 0.5) is 0 Å². The molecular formula is C19H21NO4. The molecule has 126 valence electrons. The van der Waals surface area contributed by atoms with Gasteiger partial charge in [0, 0.05) is 6.42 Å². The van der Waals surface area contributed by atoms with Crippen molar-refractivity contribution in [1.82, 2.24) is 4.90 Å². The molecule has 0 saturated carbocycles. The van der Waals surface area contributed by atoms with Gasteiger partial charge in [-0.1, -0.05) is 41.5 Å². The van der Waals surface area contributed by atoms with E-state index in [0.29, 0.717) is 12.8 Å². The number of fused-ring (bicyclic) bond motifs is 1. The van der Waals surface area contributed by atoms with Crippen LogP contribution in [0, 0.1) is 11.8 Å². The maximum atomic E-state index is 12.8. The number of carbonyl (C=O) groups excluding carboxylic acids is 2. The van der Waals surface area contributed by atoms with E-state index in [1.54, 1.807) is 0 Å². The predicted molar refractivity (Wildman–Crippen MR) is 88.0 cm³/mol. The van der Waals surface area contributed by atoms with Crippen LogP contribution in [0.15, 0.2) is 41.5 Å². The normalized spacial score (nSPS) is 25.0. The second kappa shape index (κ2) is 6.23. The van der Waals surface area contributed by atoms with Crippen LogP contribution in [0.25, 0.3) is 0 Å². The zero-order valence-corrected chi connectivity index (χ0v) is 13.9. The lowest BCUT2D eigenvalue weighted by Crippen LogP contribution is -2.46. The lowest BCUT2D eigenvalue weighted by molar-refractivity contribution is -0.155. The van der Waals surface area contributed by atoms with E-state index in [1.165, 1.54) is 0 Å². The summed E-state index contributed by atoms with van der Waals surface area (Å²) in [5, 5.41) is 9.61. The number of amides is 2. The number of carboxylic acids is 1. The Morgan fingerprint density at radius 2 is 1.58 bits per heavy atom. The molecule has 1 N–H and O–H groups in total. The van der Waals surface area contributed by atoms with E-state index in [9.17, 15) is 19.5 Å². The Morgan fingerprint density at radius 3 is 2.04 bits per heavy atom. The number of likely N-dealkylation sites (tertiary alicyclic amines) is 1. The van der Waals surface area contributed by atoms with Crippen molar-refractivity contribution < 1.29 is 19.5 Å². The fraction of sp³-hybridized carbons (Fsp3) is 0.421. The van der Waals surface area contributed by atoms with Gasteiger partial charge in [0.05, 0.1) is 11.8 Å². The van der Waals surface area contributed by atoms with Crippen molar-refractivity contribution >= 4 is 17.8 Å². The monoisotopic (exact) mass is 327 g/mol. The minimum Gasteiger partial charge on any atom is -0.480 e. The zero-order valence-electron chi connectivity index (χ0n) is 13.9. The third-order valence-electron chi connectivity index (χ3n) is 5.24. The highest BCUT2D eigenvalue weighted by Crippen LogP contribution is 2.41. The number of nitrogens with zero attached hydrogens (tertiary/aromatic N) is 1. The predicted octanol–water partition coefficient (Wildman–Crippen LogP) is 2.41. The number of hydrogen-bond donors (Lipinski definition) is 1. The molecule has 2 amide bonds. The van der Waals surface area contributed by atoms with Gasteiger partial charge in [-0.3, -0.25) is 14.5 Å². The van der Waals surface area contributed by atoms with Gasteiger partial charge in [0.2, 0.25) is 11.8 Å². The fourth-order valence-corrected chi connectivity index (χ4v) is 3.71. The van der Waals surface area contributed by atoms with Crippen molar-refractivity contribution in [2.45, 2.75) is 39.2 Å². The molecule has 1 saturated heterocycles. The molecule has 0 spiro atoms. The largest absolute Gasteiger partial charge is 0.480 e. The lowest BCUT2D eigenvalue weighted by Gasteiger charge is -2.23. The molecule has 3 rings (SSSR count). The molecule has 0 bridgehead atoms. The van der Waals surface area contributed by atoms with Crippen LogP contribution in [0.2, 0.25) is 0 Å². The maximum Gasteiger partial charge on any atom is 0.327 e. The fourth-order valence-electron chi connectivity index (χ4n) is 3.71. The van der Waals surface area contributed by atoms with E-state index < -0.39 is 23.8 Å². The van der Waals surface area contributed by atoms with E-state index in [4.69, 9.17) is 0 Å². The van der Waals surface area contributed by atoms with Crippen LogP contribution in [-0.2, 0) is 20.8 Å². The molecule has 1 aliphatic carbocycles. The van der Waals surface area contributed by atoms with Gasteiger partial charge in [-0.25, -0.2) is 4.79 Å². The van der Waals surface area contributed by atoms with Crippen LogP contribution in [-0.4, -0.2) is 33.8 Å². The first kappa shape index (κ1) is 16.4. The number of carbonyl (C=O) groups is 3. The first-order valence-corrected chi connectivity index (χ1v) is 8.19. The molecule has 5 heteroatoms. The van der Waals surface area contributed by atoms with Crippen LogP contribution < -0.4 is 0 Å². The average molecular weight is 327 g/mol. The third-order valence-corrected chi connectivity index (χ3v) is 5.24. The molecule has 24 heavy (non-hydrogen) atoms. The summed E-state index contributed by atoms with van der Waals surface area (Å²) < 4.78 is 0. The quantitative estimate of drug-likeness (QED) is 0.681. The summed E-state index contributed by atoms with van der Waals surface area (Å²) in [6.07, 6.45) is 1.24. The minimum absolute atomic E-state index is 0.137. The highest BCUT2D eigenvalue weighted by atomic mass is 16.4. The number of hydrogen-bond acceptors (Lipinski definition) is 3. The van der Waals surface area contributed by atoms with Gasteiger partial charge < -0.3 is 5.11 Å². The molecule has 1 heterocycles. The Kier molecular flexibility index (Phi) is 4.26. The van der Waals surface area contributed by atoms with E-state index in [2.05, 4.69) is 0 Å². The van der Waals surface area contributed by atoms with Gasteiger partial charge in [0.25, 0.3) is 0 Å². The van der Waals surface area contributed by atoms with Crippen molar-refractivity contribution in [2.24, 2.45) is 11.8 Å². The number of imide groups is 1.